The molecule has 70 valence electrons. The first-order chi connectivity index (χ1) is 6.11. The smallest absolute Gasteiger partial charge is 0.261 e. The fraction of sp³-hybridized carbons (Fsp3) is 0.286. The molecule has 0 saturated carbocycles. The van der Waals surface area contributed by atoms with Gasteiger partial charge in [-0.05, 0) is 11.4 Å². The van der Waals surface area contributed by atoms with E-state index >= 15 is 0 Å². The average Bonchev–Trinajstić information content (AvgIpc) is 2.47. The number of carbonyl (C=O) groups is 1. The molecule has 0 bridgehead atoms. The number of carbonyl (C=O) groups excluding carboxylic acids is 1. The van der Waals surface area contributed by atoms with Crippen LogP contribution in [0.5, 0.6) is 0 Å². The van der Waals surface area contributed by atoms with E-state index < -0.39 is 5.91 Å². The number of amides is 1. The van der Waals surface area contributed by atoms with Crippen molar-refractivity contribution >= 4 is 22.9 Å². The molecule has 0 aliphatic carbocycles. The molecule has 1 aromatic rings. The minimum Gasteiger partial charge on any atom is -0.365 e. The zero-order chi connectivity index (χ0) is 9.84. The lowest BCUT2D eigenvalue weighted by Gasteiger charge is -1.99. The summed E-state index contributed by atoms with van der Waals surface area (Å²) in [5.74, 6) is -0.470. The summed E-state index contributed by atoms with van der Waals surface area (Å²) in [5.41, 5.74) is 5.64. The third-order valence-electron chi connectivity index (χ3n) is 1.20. The number of primary amides is 1. The molecule has 0 unspecified atom stereocenters. The second kappa shape index (κ2) is 3.99. The molecule has 13 heavy (non-hydrogen) atoms. The first kappa shape index (κ1) is 9.66. The van der Waals surface area contributed by atoms with Crippen LogP contribution in [0.2, 0.25) is 0 Å². The van der Waals surface area contributed by atoms with Gasteiger partial charge in [0.2, 0.25) is 0 Å². The van der Waals surface area contributed by atoms with E-state index in [4.69, 9.17) is 5.73 Å². The molecule has 0 radical (unpaired) electrons. The number of nitrogens with two attached hydrogens (primary N) is 1. The standard InChI is InChI=1S/C7H10N4OS/c1-11(2)10-9-5-3-4-13-6(5)7(8)12/h3-4H,1-2H3,(H2,8,12). The summed E-state index contributed by atoms with van der Waals surface area (Å²) in [4.78, 5) is 11.3. The first-order valence-electron chi connectivity index (χ1n) is 3.57. The van der Waals surface area contributed by atoms with Crippen molar-refractivity contribution in [3.63, 3.8) is 0 Å². The van der Waals surface area contributed by atoms with Crippen LogP contribution in [0.4, 0.5) is 5.69 Å². The Balaban J connectivity index is 2.88. The Bertz CT molecular complexity index is 331. The number of rotatable bonds is 3. The summed E-state index contributed by atoms with van der Waals surface area (Å²) < 4.78 is 0. The largest absolute Gasteiger partial charge is 0.365 e. The summed E-state index contributed by atoms with van der Waals surface area (Å²) in [6.45, 7) is 0. The lowest BCUT2D eigenvalue weighted by Crippen LogP contribution is -2.08. The molecule has 0 atom stereocenters. The predicted octanol–water partition coefficient (Wildman–Crippen LogP) is 1.41. The number of thiophene rings is 1. The van der Waals surface area contributed by atoms with E-state index in [0.29, 0.717) is 10.6 Å². The van der Waals surface area contributed by atoms with E-state index in [0.717, 1.165) is 0 Å². The highest BCUT2D eigenvalue weighted by Crippen LogP contribution is 2.24. The Kier molecular flexibility index (Phi) is 2.97. The maximum atomic E-state index is 10.8. The molecule has 0 aliphatic heterocycles. The molecular formula is C7H10N4OS. The van der Waals surface area contributed by atoms with Crippen LogP contribution >= 0.6 is 11.3 Å². The summed E-state index contributed by atoms with van der Waals surface area (Å²) in [5, 5.41) is 10.9. The van der Waals surface area contributed by atoms with E-state index in [1.54, 1.807) is 30.6 Å². The number of hydrogen-bond acceptors (Lipinski definition) is 4. The molecule has 0 aromatic carbocycles. The van der Waals surface area contributed by atoms with Crippen LogP contribution in [-0.2, 0) is 0 Å². The van der Waals surface area contributed by atoms with E-state index in [2.05, 4.69) is 10.3 Å². The summed E-state index contributed by atoms with van der Waals surface area (Å²) in [6, 6.07) is 1.71. The highest BCUT2D eigenvalue weighted by Gasteiger charge is 2.08. The second-order valence-corrected chi connectivity index (χ2v) is 3.45. The normalized spacial score (nSPS) is 10.6. The van der Waals surface area contributed by atoms with Crippen molar-refractivity contribution in [2.24, 2.45) is 16.1 Å². The first-order valence-corrected chi connectivity index (χ1v) is 4.45. The highest BCUT2D eigenvalue weighted by atomic mass is 32.1. The van der Waals surface area contributed by atoms with Gasteiger partial charge in [0, 0.05) is 14.1 Å². The Hall–Kier alpha value is -1.43. The van der Waals surface area contributed by atoms with Crippen LogP contribution < -0.4 is 5.73 Å². The van der Waals surface area contributed by atoms with Gasteiger partial charge in [0.25, 0.3) is 5.91 Å². The van der Waals surface area contributed by atoms with Gasteiger partial charge in [-0.1, -0.05) is 5.22 Å². The lowest BCUT2D eigenvalue weighted by molar-refractivity contribution is 0.100. The van der Waals surface area contributed by atoms with E-state index in [1.807, 2.05) is 0 Å². The van der Waals surface area contributed by atoms with Gasteiger partial charge in [-0.2, -0.15) is 0 Å². The van der Waals surface area contributed by atoms with Gasteiger partial charge in [0.15, 0.2) is 0 Å². The Morgan fingerprint density at radius 1 is 1.62 bits per heavy atom. The van der Waals surface area contributed by atoms with Crippen molar-refractivity contribution in [3.8, 4) is 0 Å². The Morgan fingerprint density at radius 2 is 2.31 bits per heavy atom. The van der Waals surface area contributed by atoms with Crippen LogP contribution in [-0.4, -0.2) is 25.0 Å². The topological polar surface area (TPSA) is 71.1 Å². The van der Waals surface area contributed by atoms with Crippen molar-refractivity contribution in [2.45, 2.75) is 0 Å². The monoisotopic (exact) mass is 198 g/mol. The van der Waals surface area contributed by atoms with Gasteiger partial charge in [0.05, 0.1) is 0 Å². The van der Waals surface area contributed by atoms with Crippen LogP contribution in [0.15, 0.2) is 21.8 Å². The van der Waals surface area contributed by atoms with Gasteiger partial charge in [-0.25, -0.2) is 0 Å². The molecule has 0 spiro atoms. The lowest BCUT2D eigenvalue weighted by atomic mass is 10.4. The quantitative estimate of drug-likeness (QED) is 0.589. The molecule has 6 heteroatoms. The summed E-state index contributed by atoms with van der Waals surface area (Å²) in [7, 11) is 3.50. The summed E-state index contributed by atoms with van der Waals surface area (Å²) >= 11 is 1.26. The number of hydrogen-bond donors (Lipinski definition) is 1. The second-order valence-electron chi connectivity index (χ2n) is 2.54. The van der Waals surface area contributed by atoms with Crippen molar-refractivity contribution < 1.29 is 4.79 Å². The Morgan fingerprint density at radius 3 is 2.85 bits per heavy atom. The van der Waals surface area contributed by atoms with Crippen molar-refractivity contribution in [2.75, 3.05) is 14.1 Å². The maximum absolute atomic E-state index is 10.8. The van der Waals surface area contributed by atoms with Gasteiger partial charge in [-0.3, -0.25) is 9.80 Å². The molecule has 0 saturated heterocycles. The minimum atomic E-state index is -0.470. The molecule has 1 heterocycles. The fourth-order valence-electron chi connectivity index (χ4n) is 0.703. The molecule has 0 aliphatic rings. The van der Waals surface area contributed by atoms with Crippen LogP contribution in [0, 0.1) is 0 Å². The van der Waals surface area contributed by atoms with Crippen molar-refractivity contribution in [1.29, 1.82) is 0 Å². The average molecular weight is 198 g/mol. The highest BCUT2D eigenvalue weighted by molar-refractivity contribution is 7.12. The fourth-order valence-corrected chi connectivity index (χ4v) is 1.38. The van der Waals surface area contributed by atoms with Crippen LogP contribution in [0.25, 0.3) is 0 Å². The summed E-state index contributed by atoms with van der Waals surface area (Å²) in [6.07, 6.45) is 0. The van der Waals surface area contributed by atoms with Crippen molar-refractivity contribution in [3.05, 3.63) is 16.3 Å². The van der Waals surface area contributed by atoms with E-state index in [1.165, 1.54) is 11.3 Å². The van der Waals surface area contributed by atoms with Gasteiger partial charge in [-0.15, -0.1) is 16.5 Å². The molecule has 5 nitrogen and oxygen atoms in total. The van der Waals surface area contributed by atoms with Crippen LogP contribution in [0.1, 0.15) is 9.67 Å². The maximum Gasteiger partial charge on any atom is 0.261 e. The zero-order valence-electron chi connectivity index (χ0n) is 7.39. The van der Waals surface area contributed by atoms with Gasteiger partial charge >= 0.3 is 0 Å². The third-order valence-corrected chi connectivity index (χ3v) is 2.12. The molecule has 1 rings (SSSR count). The van der Waals surface area contributed by atoms with E-state index in [9.17, 15) is 4.79 Å². The van der Waals surface area contributed by atoms with Crippen molar-refractivity contribution in [1.82, 2.24) is 5.01 Å². The number of nitrogens with zero attached hydrogens (tertiary/aromatic N) is 3. The van der Waals surface area contributed by atoms with Gasteiger partial charge < -0.3 is 5.73 Å². The zero-order valence-corrected chi connectivity index (χ0v) is 8.21. The third kappa shape index (κ3) is 2.51. The SMILES string of the molecule is CN(C)N=Nc1ccsc1C(N)=O. The molecule has 1 aromatic heterocycles. The molecule has 2 N–H and O–H groups in total. The molecular weight excluding hydrogens is 188 g/mol. The minimum absolute atomic E-state index is 0.436. The van der Waals surface area contributed by atoms with Crippen LogP contribution in [0.3, 0.4) is 0 Å². The predicted molar refractivity (Wildman–Crippen MR) is 51.0 cm³/mol. The van der Waals surface area contributed by atoms with E-state index in [-0.39, 0.29) is 0 Å². The van der Waals surface area contributed by atoms with Gasteiger partial charge in [0.1, 0.15) is 10.6 Å². The molecule has 1 amide bonds. The Labute approximate surface area is 79.8 Å². The molecule has 0 fully saturated rings.